The molecule has 0 bridgehead atoms. The summed E-state index contributed by atoms with van der Waals surface area (Å²) < 4.78 is 10.4. The number of carbonyl (C=O) groups excluding carboxylic acids is 2. The summed E-state index contributed by atoms with van der Waals surface area (Å²) in [6.07, 6.45) is 4.45. The van der Waals surface area contributed by atoms with Crippen molar-refractivity contribution >= 4 is 11.9 Å². The van der Waals surface area contributed by atoms with E-state index in [-0.39, 0.29) is 24.3 Å². The van der Waals surface area contributed by atoms with Gasteiger partial charge >= 0.3 is 6.03 Å². The van der Waals surface area contributed by atoms with E-state index in [2.05, 4.69) is 20.8 Å². The molecule has 1 aliphatic heterocycles. The van der Waals surface area contributed by atoms with E-state index in [1.165, 1.54) is 7.05 Å². The molecule has 23 heavy (non-hydrogen) atoms. The van der Waals surface area contributed by atoms with Crippen molar-refractivity contribution in [1.82, 2.24) is 25.7 Å². The lowest BCUT2D eigenvalue weighted by atomic mass is 10.1. The van der Waals surface area contributed by atoms with Crippen LogP contribution < -0.4 is 10.6 Å². The van der Waals surface area contributed by atoms with Crippen LogP contribution in [0, 0.1) is 0 Å². The number of ether oxygens (including phenoxy) is 1. The standard InChI is InChI=1S/C14H23N5O4/c1-15-13(20)12-17-11(23-18-12)9-16-14(21)19(2)7-3-5-10-6-4-8-22-10/h10H,3-9H2,1-2H3,(H,15,20)(H,16,21)/t10-/m1/s1. The monoisotopic (exact) mass is 325 g/mol. The van der Waals surface area contributed by atoms with Gasteiger partial charge in [-0.3, -0.25) is 4.79 Å². The van der Waals surface area contributed by atoms with Gasteiger partial charge in [0.05, 0.1) is 12.6 Å². The summed E-state index contributed by atoms with van der Waals surface area (Å²) in [5, 5.41) is 8.60. The van der Waals surface area contributed by atoms with E-state index < -0.39 is 5.91 Å². The summed E-state index contributed by atoms with van der Waals surface area (Å²) in [4.78, 5) is 28.7. The smallest absolute Gasteiger partial charge is 0.317 e. The summed E-state index contributed by atoms with van der Waals surface area (Å²) in [5.74, 6) is -0.302. The molecule has 2 rings (SSSR count). The maximum Gasteiger partial charge on any atom is 0.317 e. The number of hydrogen-bond donors (Lipinski definition) is 2. The molecule has 128 valence electrons. The Hall–Kier alpha value is -2.16. The first-order chi connectivity index (χ1) is 11.1. The summed E-state index contributed by atoms with van der Waals surface area (Å²) in [5.41, 5.74) is 0. The summed E-state index contributed by atoms with van der Waals surface area (Å²) in [7, 11) is 3.21. The van der Waals surface area contributed by atoms with Crippen molar-refractivity contribution in [3.8, 4) is 0 Å². The Bertz CT molecular complexity index is 527. The molecule has 9 heteroatoms. The average molecular weight is 325 g/mol. The fraction of sp³-hybridized carbons (Fsp3) is 0.714. The third kappa shape index (κ3) is 5.20. The minimum Gasteiger partial charge on any atom is -0.378 e. The van der Waals surface area contributed by atoms with E-state index >= 15 is 0 Å². The molecular weight excluding hydrogens is 302 g/mol. The second kappa shape index (κ2) is 8.47. The van der Waals surface area contributed by atoms with Gasteiger partial charge in [-0.25, -0.2) is 4.79 Å². The molecule has 1 aromatic heterocycles. The van der Waals surface area contributed by atoms with Crippen LogP contribution in [0.25, 0.3) is 0 Å². The zero-order valence-corrected chi connectivity index (χ0v) is 13.5. The average Bonchev–Trinajstić information content (AvgIpc) is 3.23. The van der Waals surface area contributed by atoms with E-state index in [1.54, 1.807) is 11.9 Å². The van der Waals surface area contributed by atoms with E-state index in [9.17, 15) is 9.59 Å². The number of urea groups is 1. The molecule has 1 aromatic rings. The third-order valence-corrected chi connectivity index (χ3v) is 3.68. The third-order valence-electron chi connectivity index (χ3n) is 3.68. The molecule has 1 aliphatic rings. The Balaban J connectivity index is 1.66. The van der Waals surface area contributed by atoms with Crippen molar-refractivity contribution < 1.29 is 18.8 Å². The molecule has 0 spiro atoms. The Morgan fingerprint density at radius 1 is 1.43 bits per heavy atom. The van der Waals surface area contributed by atoms with E-state index in [0.717, 1.165) is 32.3 Å². The molecule has 0 aromatic carbocycles. The summed E-state index contributed by atoms with van der Waals surface area (Å²) >= 11 is 0. The highest BCUT2D eigenvalue weighted by molar-refractivity contribution is 5.89. The quantitative estimate of drug-likeness (QED) is 0.757. The van der Waals surface area contributed by atoms with Crippen LogP contribution in [0.1, 0.15) is 42.2 Å². The Morgan fingerprint density at radius 2 is 2.26 bits per heavy atom. The maximum absolute atomic E-state index is 12.0. The van der Waals surface area contributed by atoms with Gasteiger partial charge < -0.3 is 24.8 Å². The first kappa shape index (κ1) is 17.2. The van der Waals surface area contributed by atoms with E-state index in [4.69, 9.17) is 9.26 Å². The molecule has 0 saturated carbocycles. The number of hydrogen-bond acceptors (Lipinski definition) is 6. The predicted octanol–water partition coefficient (Wildman–Crippen LogP) is 0.530. The van der Waals surface area contributed by atoms with Gasteiger partial charge in [0, 0.05) is 27.2 Å². The van der Waals surface area contributed by atoms with Gasteiger partial charge in [0.25, 0.3) is 11.7 Å². The minimum absolute atomic E-state index is 0.0540. The Morgan fingerprint density at radius 3 is 2.96 bits per heavy atom. The molecule has 1 atom stereocenters. The number of carbonyl (C=O) groups is 2. The molecular formula is C14H23N5O4. The number of amides is 3. The lowest BCUT2D eigenvalue weighted by Crippen LogP contribution is -2.37. The maximum atomic E-state index is 12.0. The highest BCUT2D eigenvalue weighted by atomic mass is 16.5. The van der Waals surface area contributed by atoms with Gasteiger partial charge in [0.15, 0.2) is 0 Å². The topological polar surface area (TPSA) is 110 Å². The van der Waals surface area contributed by atoms with E-state index in [1.807, 2.05) is 0 Å². The second-order valence-corrected chi connectivity index (χ2v) is 5.45. The first-order valence-electron chi connectivity index (χ1n) is 7.75. The van der Waals surface area contributed by atoms with Crippen molar-refractivity contribution in [2.24, 2.45) is 0 Å². The SMILES string of the molecule is CNC(=O)c1noc(CNC(=O)N(C)CCC[C@@H]2CCCO2)n1. The molecule has 3 amide bonds. The van der Waals surface area contributed by atoms with Crippen LogP contribution in [0.5, 0.6) is 0 Å². The Labute approximate surface area is 134 Å². The normalized spacial score (nSPS) is 17.0. The van der Waals surface area contributed by atoms with Crippen molar-refractivity contribution in [3.05, 3.63) is 11.7 Å². The van der Waals surface area contributed by atoms with Crippen LogP contribution in [0.4, 0.5) is 4.79 Å². The van der Waals surface area contributed by atoms with Crippen LogP contribution in [0.15, 0.2) is 4.52 Å². The largest absolute Gasteiger partial charge is 0.378 e. The number of nitrogens with one attached hydrogen (secondary N) is 2. The lowest BCUT2D eigenvalue weighted by Gasteiger charge is -2.18. The zero-order chi connectivity index (χ0) is 16.7. The first-order valence-corrected chi connectivity index (χ1v) is 7.75. The van der Waals surface area contributed by atoms with Gasteiger partial charge in [-0.1, -0.05) is 5.16 Å². The zero-order valence-electron chi connectivity index (χ0n) is 13.5. The summed E-state index contributed by atoms with van der Waals surface area (Å²) in [6.45, 7) is 1.58. The highest BCUT2D eigenvalue weighted by Crippen LogP contribution is 2.16. The predicted molar refractivity (Wildman–Crippen MR) is 80.8 cm³/mol. The van der Waals surface area contributed by atoms with E-state index in [0.29, 0.717) is 12.6 Å². The van der Waals surface area contributed by atoms with Crippen molar-refractivity contribution in [2.75, 3.05) is 27.2 Å². The molecule has 2 heterocycles. The molecule has 0 radical (unpaired) electrons. The molecule has 0 unspecified atom stereocenters. The van der Waals surface area contributed by atoms with Gasteiger partial charge in [0.1, 0.15) is 0 Å². The second-order valence-electron chi connectivity index (χ2n) is 5.45. The van der Waals surface area contributed by atoms with Gasteiger partial charge in [-0.15, -0.1) is 0 Å². The lowest BCUT2D eigenvalue weighted by molar-refractivity contribution is 0.0949. The fourth-order valence-corrected chi connectivity index (χ4v) is 2.35. The number of rotatable bonds is 7. The highest BCUT2D eigenvalue weighted by Gasteiger charge is 2.17. The van der Waals surface area contributed by atoms with Crippen LogP contribution in [-0.4, -0.2) is 60.3 Å². The molecule has 0 aliphatic carbocycles. The van der Waals surface area contributed by atoms with Crippen LogP contribution in [-0.2, 0) is 11.3 Å². The van der Waals surface area contributed by atoms with Crippen LogP contribution >= 0.6 is 0 Å². The molecule has 1 fully saturated rings. The summed E-state index contributed by atoms with van der Waals surface area (Å²) in [6, 6.07) is -0.225. The van der Waals surface area contributed by atoms with Gasteiger partial charge in [-0.2, -0.15) is 4.98 Å². The van der Waals surface area contributed by atoms with Crippen molar-refractivity contribution in [3.63, 3.8) is 0 Å². The van der Waals surface area contributed by atoms with Crippen molar-refractivity contribution in [2.45, 2.75) is 38.3 Å². The molecule has 1 saturated heterocycles. The van der Waals surface area contributed by atoms with Crippen LogP contribution in [0.3, 0.4) is 0 Å². The fourth-order valence-electron chi connectivity index (χ4n) is 2.35. The molecule has 2 N–H and O–H groups in total. The van der Waals surface area contributed by atoms with Crippen LogP contribution in [0.2, 0.25) is 0 Å². The van der Waals surface area contributed by atoms with Gasteiger partial charge in [-0.05, 0) is 25.7 Å². The number of aromatic nitrogens is 2. The minimum atomic E-state index is -0.433. The van der Waals surface area contributed by atoms with Crippen molar-refractivity contribution in [1.29, 1.82) is 0 Å². The molecule has 9 nitrogen and oxygen atoms in total. The Kier molecular flexibility index (Phi) is 6.33. The van der Waals surface area contributed by atoms with Gasteiger partial charge in [0.2, 0.25) is 5.89 Å². The number of nitrogens with zero attached hydrogens (tertiary/aromatic N) is 3.